The van der Waals surface area contributed by atoms with Crippen LogP contribution in [0.15, 0.2) is 33.0 Å². The zero-order valence-corrected chi connectivity index (χ0v) is 16.1. The number of nitrogens with zero attached hydrogens (tertiary/aromatic N) is 3. The van der Waals surface area contributed by atoms with Gasteiger partial charge in [-0.3, -0.25) is 0 Å². The van der Waals surface area contributed by atoms with Crippen LogP contribution in [0.25, 0.3) is 17.0 Å². The van der Waals surface area contributed by atoms with Crippen molar-refractivity contribution < 1.29 is 13.9 Å². The Labute approximate surface area is 163 Å². The average molecular weight is 379 g/mol. The Morgan fingerprint density at radius 2 is 1.96 bits per heavy atom. The van der Waals surface area contributed by atoms with Crippen molar-refractivity contribution in [3.05, 3.63) is 45.3 Å². The Bertz CT molecular complexity index is 1050. The lowest BCUT2D eigenvalue weighted by atomic mass is 10.00. The minimum Gasteiger partial charge on any atom is -0.462 e. The van der Waals surface area contributed by atoms with Gasteiger partial charge in [-0.1, -0.05) is 0 Å². The van der Waals surface area contributed by atoms with Gasteiger partial charge in [-0.05, 0) is 44.5 Å². The number of esters is 1. The van der Waals surface area contributed by atoms with Crippen LogP contribution in [-0.4, -0.2) is 25.7 Å². The van der Waals surface area contributed by atoms with Gasteiger partial charge < -0.3 is 14.1 Å². The van der Waals surface area contributed by atoms with E-state index in [2.05, 4.69) is 4.90 Å². The SMILES string of the molecule is CCOC(=O)/C(C#N)=C\c1c(CC#N)c2ccc(N(CC)CC)cc2oc1=O. The summed E-state index contributed by atoms with van der Waals surface area (Å²) in [6.07, 6.45) is 1.06. The highest BCUT2D eigenvalue weighted by molar-refractivity contribution is 5.99. The van der Waals surface area contributed by atoms with Crippen LogP contribution in [-0.2, 0) is 16.0 Å². The van der Waals surface area contributed by atoms with Crippen LogP contribution in [0.4, 0.5) is 5.69 Å². The molecule has 0 saturated heterocycles. The highest BCUT2D eigenvalue weighted by Crippen LogP contribution is 2.27. The number of rotatable bonds is 7. The van der Waals surface area contributed by atoms with E-state index in [0.29, 0.717) is 16.5 Å². The van der Waals surface area contributed by atoms with Crippen LogP contribution in [0.5, 0.6) is 0 Å². The van der Waals surface area contributed by atoms with E-state index in [0.717, 1.165) is 24.9 Å². The Balaban J connectivity index is 2.73. The lowest BCUT2D eigenvalue weighted by Gasteiger charge is -2.21. The molecule has 0 N–H and O–H groups in total. The number of hydrogen-bond acceptors (Lipinski definition) is 7. The normalized spacial score (nSPS) is 11.0. The van der Waals surface area contributed by atoms with Crippen molar-refractivity contribution in [2.24, 2.45) is 0 Å². The summed E-state index contributed by atoms with van der Waals surface area (Å²) in [4.78, 5) is 26.6. The average Bonchev–Trinajstić information content (AvgIpc) is 2.68. The number of fused-ring (bicyclic) bond motifs is 1. The number of carbonyl (C=O) groups excluding carboxylic acids is 1. The number of carbonyl (C=O) groups is 1. The summed E-state index contributed by atoms with van der Waals surface area (Å²) in [5, 5.41) is 19.1. The first kappa shape index (κ1) is 20.7. The Morgan fingerprint density at radius 1 is 1.25 bits per heavy atom. The minimum absolute atomic E-state index is 0.00856. The van der Waals surface area contributed by atoms with Crippen molar-refractivity contribution >= 4 is 28.7 Å². The van der Waals surface area contributed by atoms with Crippen molar-refractivity contribution in [3.8, 4) is 12.1 Å². The van der Waals surface area contributed by atoms with Crippen LogP contribution in [0.3, 0.4) is 0 Å². The molecule has 0 fully saturated rings. The topological polar surface area (TPSA) is 107 Å². The van der Waals surface area contributed by atoms with Gasteiger partial charge in [-0.2, -0.15) is 10.5 Å². The first-order chi connectivity index (χ1) is 13.5. The molecular weight excluding hydrogens is 358 g/mol. The fraction of sp³-hybridized carbons (Fsp3) is 0.333. The monoisotopic (exact) mass is 379 g/mol. The van der Waals surface area contributed by atoms with Crippen molar-refractivity contribution in [1.29, 1.82) is 10.5 Å². The molecule has 1 heterocycles. The quantitative estimate of drug-likeness (QED) is 0.315. The van der Waals surface area contributed by atoms with Gasteiger partial charge in [-0.15, -0.1) is 0 Å². The molecule has 0 bridgehead atoms. The van der Waals surface area contributed by atoms with Gasteiger partial charge >= 0.3 is 11.6 Å². The van der Waals surface area contributed by atoms with Gasteiger partial charge in [0.15, 0.2) is 0 Å². The standard InChI is InChI=1S/C21H21N3O4/c1-4-24(5-2)15-7-8-17-16(9-10-22)18(21(26)28-19(17)12-15)11-14(13-23)20(25)27-6-3/h7-8,11-12H,4-6,9H2,1-3H3/b14-11-. The molecule has 0 unspecified atom stereocenters. The van der Waals surface area contributed by atoms with E-state index in [4.69, 9.17) is 9.15 Å². The molecule has 0 aliphatic rings. The third kappa shape index (κ3) is 4.21. The molecule has 0 aliphatic carbocycles. The first-order valence-electron chi connectivity index (χ1n) is 9.01. The maximum Gasteiger partial charge on any atom is 0.348 e. The molecule has 144 valence electrons. The number of hydrogen-bond donors (Lipinski definition) is 0. The first-order valence-corrected chi connectivity index (χ1v) is 9.01. The lowest BCUT2D eigenvalue weighted by molar-refractivity contribution is -0.137. The van der Waals surface area contributed by atoms with E-state index in [1.165, 1.54) is 0 Å². The second-order valence-electron chi connectivity index (χ2n) is 5.86. The van der Waals surface area contributed by atoms with E-state index in [1.807, 2.05) is 26.0 Å². The predicted octanol–water partition coefficient (Wildman–Crippen LogP) is 3.18. The van der Waals surface area contributed by atoms with Gasteiger partial charge in [-0.25, -0.2) is 9.59 Å². The number of ether oxygens (including phenoxy) is 1. The van der Waals surface area contributed by atoms with Gasteiger partial charge in [0, 0.05) is 30.2 Å². The molecule has 2 rings (SSSR count). The smallest absolute Gasteiger partial charge is 0.348 e. The van der Waals surface area contributed by atoms with Crippen LogP contribution < -0.4 is 10.5 Å². The number of anilines is 1. The minimum atomic E-state index is -0.829. The summed E-state index contributed by atoms with van der Waals surface area (Å²) >= 11 is 0. The second kappa shape index (κ2) is 9.38. The summed E-state index contributed by atoms with van der Waals surface area (Å²) in [7, 11) is 0. The summed E-state index contributed by atoms with van der Waals surface area (Å²) in [6.45, 7) is 7.36. The molecule has 0 amide bonds. The van der Waals surface area contributed by atoms with E-state index in [9.17, 15) is 20.1 Å². The Kier molecular flexibility index (Phi) is 6.95. The maximum absolute atomic E-state index is 12.6. The molecular formula is C21H21N3O4. The van der Waals surface area contributed by atoms with E-state index in [-0.39, 0.29) is 24.2 Å². The van der Waals surface area contributed by atoms with Crippen molar-refractivity contribution in [2.75, 3.05) is 24.6 Å². The number of nitriles is 2. The lowest BCUT2D eigenvalue weighted by Crippen LogP contribution is -2.21. The zero-order chi connectivity index (χ0) is 20.7. The molecule has 0 saturated carbocycles. The van der Waals surface area contributed by atoms with Crippen LogP contribution in [0.2, 0.25) is 0 Å². The van der Waals surface area contributed by atoms with Crippen molar-refractivity contribution in [1.82, 2.24) is 0 Å². The molecule has 2 aromatic rings. The number of benzene rings is 1. The molecule has 1 aromatic carbocycles. The van der Waals surface area contributed by atoms with Crippen LogP contribution in [0.1, 0.15) is 31.9 Å². The Morgan fingerprint density at radius 3 is 2.54 bits per heavy atom. The molecule has 0 atom stereocenters. The van der Waals surface area contributed by atoms with Crippen molar-refractivity contribution in [3.63, 3.8) is 0 Å². The molecule has 0 aliphatic heterocycles. The largest absolute Gasteiger partial charge is 0.462 e. The van der Waals surface area contributed by atoms with Gasteiger partial charge in [0.05, 0.1) is 24.7 Å². The predicted molar refractivity (Wildman–Crippen MR) is 106 cm³/mol. The molecule has 1 aromatic heterocycles. The van der Waals surface area contributed by atoms with Crippen LogP contribution >= 0.6 is 0 Å². The third-order valence-electron chi connectivity index (χ3n) is 4.33. The summed E-state index contributed by atoms with van der Waals surface area (Å²) < 4.78 is 10.3. The zero-order valence-electron chi connectivity index (χ0n) is 16.1. The van der Waals surface area contributed by atoms with E-state index < -0.39 is 11.6 Å². The molecule has 0 radical (unpaired) electrons. The summed E-state index contributed by atoms with van der Waals surface area (Å²) in [5.74, 6) is -0.829. The third-order valence-corrected chi connectivity index (χ3v) is 4.33. The van der Waals surface area contributed by atoms with Crippen LogP contribution in [0, 0.1) is 22.7 Å². The molecule has 7 nitrogen and oxygen atoms in total. The van der Waals surface area contributed by atoms with Gasteiger partial charge in [0.25, 0.3) is 0 Å². The fourth-order valence-corrected chi connectivity index (χ4v) is 2.96. The fourth-order valence-electron chi connectivity index (χ4n) is 2.96. The van der Waals surface area contributed by atoms with E-state index >= 15 is 0 Å². The van der Waals surface area contributed by atoms with Gasteiger partial charge in [0.1, 0.15) is 17.2 Å². The highest BCUT2D eigenvalue weighted by Gasteiger charge is 2.18. The molecule has 0 spiro atoms. The van der Waals surface area contributed by atoms with Gasteiger partial charge in [0.2, 0.25) is 0 Å². The summed E-state index contributed by atoms with van der Waals surface area (Å²) in [6, 6.07) is 9.20. The molecule has 7 heteroatoms. The maximum atomic E-state index is 12.6. The van der Waals surface area contributed by atoms with E-state index in [1.54, 1.807) is 25.1 Å². The van der Waals surface area contributed by atoms with Crippen molar-refractivity contribution in [2.45, 2.75) is 27.2 Å². The highest BCUT2D eigenvalue weighted by atomic mass is 16.5. The second-order valence-corrected chi connectivity index (χ2v) is 5.86. The molecule has 28 heavy (non-hydrogen) atoms. The summed E-state index contributed by atoms with van der Waals surface area (Å²) in [5.41, 5.74) is 0.632. The Hall–Kier alpha value is -3.58.